The number of aromatic nitrogens is 2. The van der Waals surface area contributed by atoms with Crippen molar-refractivity contribution in [3.63, 3.8) is 0 Å². The molecule has 0 atom stereocenters. The molecule has 6 nitrogen and oxygen atoms in total. The summed E-state index contributed by atoms with van der Waals surface area (Å²) in [6, 6.07) is 3.51. The predicted octanol–water partition coefficient (Wildman–Crippen LogP) is 1.91. The third-order valence-corrected chi connectivity index (χ3v) is 2.61. The lowest BCUT2D eigenvalue weighted by molar-refractivity contribution is -0.114. The predicted molar refractivity (Wildman–Crippen MR) is 71.7 cm³/mol. The molecular weight excluding hydrogens is 246 g/mol. The first-order chi connectivity index (χ1) is 9.05. The minimum Gasteiger partial charge on any atom is -0.493 e. The second-order valence-electron chi connectivity index (χ2n) is 4.02. The summed E-state index contributed by atoms with van der Waals surface area (Å²) in [5.74, 6) is 2.00. The third kappa shape index (κ3) is 2.57. The normalized spacial score (nSPS) is 10.3. The molecular formula is C13H15N3O3. The molecule has 0 aliphatic carbocycles. The van der Waals surface area contributed by atoms with Crippen LogP contribution in [0.4, 0.5) is 5.82 Å². The van der Waals surface area contributed by atoms with Gasteiger partial charge < -0.3 is 14.8 Å². The lowest BCUT2D eigenvalue weighted by Crippen LogP contribution is -2.09. The lowest BCUT2D eigenvalue weighted by atomic mass is 10.2. The van der Waals surface area contributed by atoms with Gasteiger partial charge in [0, 0.05) is 18.4 Å². The summed E-state index contributed by atoms with van der Waals surface area (Å²) >= 11 is 0. The van der Waals surface area contributed by atoms with Crippen molar-refractivity contribution in [2.75, 3.05) is 19.5 Å². The molecule has 2 aromatic rings. The van der Waals surface area contributed by atoms with E-state index in [1.54, 1.807) is 33.3 Å². The van der Waals surface area contributed by atoms with Gasteiger partial charge in [-0.2, -0.15) is 0 Å². The molecule has 100 valence electrons. The molecule has 1 aromatic heterocycles. The number of benzene rings is 1. The molecule has 0 aliphatic rings. The Balaban J connectivity index is 2.71. The highest BCUT2D eigenvalue weighted by Crippen LogP contribution is 2.33. The molecule has 19 heavy (non-hydrogen) atoms. The standard InChI is InChI=1S/C13H15N3O3/c1-7-14-10-6-12(19-4)11(18-3)5-9(10)13(15-7)16-8(2)17/h5-6H,1-4H3,(H,14,15,16,17). The Bertz CT molecular complexity index is 641. The molecule has 0 unspecified atom stereocenters. The van der Waals surface area contributed by atoms with Crippen LogP contribution in [0.1, 0.15) is 12.7 Å². The average molecular weight is 261 g/mol. The minimum absolute atomic E-state index is 0.186. The molecule has 0 saturated heterocycles. The van der Waals surface area contributed by atoms with Gasteiger partial charge in [0.1, 0.15) is 11.6 Å². The van der Waals surface area contributed by atoms with E-state index in [-0.39, 0.29) is 5.91 Å². The number of amides is 1. The number of ether oxygens (including phenoxy) is 2. The molecule has 2 rings (SSSR count). The first-order valence-electron chi connectivity index (χ1n) is 5.73. The number of aryl methyl sites for hydroxylation is 1. The summed E-state index contributed by atoms with van der Waals surface area (Å²) in [6.45, 7) is 3.20. The molecule has 1 amide bonds. The lowest BCUT2D eigenvalue weighted by Gasteiger charge is -2.11. The third-order valence-electron chi connectivity index (χ3n) is 2.61. The van der Waals surface area contributed by atoms with Crippen LogP contribution >= 0.6 is 0 Å². The van der Waals surface area contributed by atoms with E-state index in [0.717, 1.165) is 0 Å². The Hall–Kier alpha value is -2.37. The van der Waals surface area contributed by atoms with Crippen molar-refractivity contribution in [2.45, 2.75) is 13.8 Å². The minimum atomic E-state index is -0.186. The fourth-order valence-corrected chi connectivity index (χ4v) is 1.83. The number of fused-ring (bicyclic) bond motifs is 1. The van der Waals surface area contributed by atoms with Crippen molar-refractivity contribution in [3.05, 3.63) is 18.0 Å². The van der Waals surface area contributed by atoms with Gasteiger partial charge in [-0.1, -0.05) is 0 Å². The summed E-state index contributed by atoms with van der Waals surface area (Å²) in [5, 5.41) is 3.40. The van der Waals surface area contributed by atoms with Gasteiger partial charge >= 0.3 is 0 Å². The van der Waals surface area contributed by atoms with Crippen LogP contribution in [0.25, 0.3) is 10.9 Å². The molecule has 0 saturated carbocycles. The number of hydrogen-bond donors (Lipinski definition) is 1. The number of carbonyl (C=O) groups is 1. The highest BCUT2D eigenvalue weighted by atomic mass is 16.5. The Morgan fingerprint density at radius 2 is 1.79 bits per heavy atom. The van der Waals surface area contributed by atoms with Crippen LogP contribution in [0.3, 0.4) is 0 Å². The van der Waals surface area contributed by atoms with Crippen LogP contribution in [0.15, 0.2) is 12.1 Å². The molecule has 1 heterocycles. The molecule has 1 aromatic carbocycles. The van der Waals surface area contributed by atoms with Crippen molar-refractivity contribution in [3.8, 4) is 11.5 Å². The van der Waals surface area contributed by atoms with Gasteiger partial charge in [0.05, 0.1) is 19.7 Å². The Kier molecular flexibility index (Phi) is 3.50. The maximum Gasteiger partial charge on any atom is 0.222 e. The van der Waals surface area contributed by atoms with Gasteiger partial charge in [-0.3, -0.25) is 4.79 Å². The molecule has 1 N–H and O–H groups in total. The van der Waals surface area contributed by atoms with Crippen molar-refractivity contribution in [2.24, 2.45) is 0 Å². The average Bonchev–Trinajstić information content (AvgIpc) is 2.36. The molecule has 0 spiro atoms. The maximum absolute atomic E-state index is 11.2. The Morgan fingerprint density at radius 1 is 1.16 bits per heavy atom. The Labute approximate surface area is 110 Å². The van der Waals surface area contributed by atoms with Crippen LogP contribution in [-0.2, 0) is 4.79 Å². The number of rotatable bonds is 3. The zero-order chi connectivity index (χ0) is 14.0. The second kappa shape index (κ2) is 5.09. The van der Waals surface area contributed by atoms with Crippen molar-refractivity contribution < 1.29 is 14.3 Å². The number of hydrogen-bond acceptors (Lipinski definition) is 5. The van der Waals surface area contributed by atoms with Crippen molar-refractivity contribution in [1.29, 1.82) is 0 Å². The van der Waals surface area contributed by atoms with Gasteiger partial charge in [-0.05, 0) is 13.0 Å². The quantitative estimate of drug-likeness (QED) is 0.913. The first kappa shape index (κ1) is 13.1. The van der Waals surface area contributed by atoms with Gasteiger partial charge in [0.2, 0.25) is 5.91 Å². The number of nitrogens with zero attached hydrogens (tertiary/aromatic N) is 2. The molecule has 0 radical (unpaired) electrons. The van der Waals surface area contributed by atoms with E-state index in [1.807, 2.05) is 0 Å². The summed E-state index contributed by atoms with van der Waals surface area (Å²) in [6.07, 6.45) is 0. The van der Waals surface area contributed by atoms with E-state index < -0.39 is 0 Å². The second-order valence-corrected chi connectivity index (χ2v) is 4.02. The van der Waals surface area contributed by atoms with E-state index in [1.165, 1.54) is 6.92 Å². The SMILES string of the molecule is COc1cc2nc(C)nc(NC(C)=O)c2cc1OC. The first-order valence-corrected chi connectivity index (χ1v) is 5.73. The van der Waals surface area contributed by atoms with Crippen LogP contribution in [0.5, 0.6) is 11.5 Å². The molecule has 0 bridgehead atoms. The molecule has 0 fully saturated rings. The van der Waals surface area contributed by atoms with E-state index in [0.29, 0.717) is 34.0 Å². The topological polar surface area (TPSA) is 73.3 Å². The van der Waals surface area contributed by atoms with Crippen molar-refractivity contribution in [1.82, 2.24) is 9.97 Å². The summed E-state index contributed by atoms with van der Waals surface area (Å²) in [7, 11) is 3.11. The Morgan fingerprint density at radius 3 is 2.37 bits per heavy atom. The fourth-order valence-electron chi connectivity index (χ4n) is 1.83. The van der Waals surface area contributed by atoms with Gasteiger partial charge in [-0.15, -0.1) is 0 Å². The van der Waals surface area contributed by atoms with Crippen LogP contribution < -0.4 is 14.8 Å². The zero-order valence-electron chi connectivity index (χ0n) is 11.3. The zero-order valence-corrected chi connectivity index (χ0v) is 11.3. The summed E-state index contributed by atoms with van der Waals surface area (Å²) in [5.41, 5.74) is 0.689. The highest BCUT2D eigenvalue weighted by molar-refractivity contribution is 5.99. The van der Waals surface area contributed by atoms with Gasteiger partial charge in [-0.25, -0.2) is 9.97 Å². The molecule has 0 aliphatic heterocycles. The van der Waals surface area contributed by atoms with Crippen LogP contribution in [-0.4, -0.2) is 30.1 Å². The van der Waals surface area contributed by atoms with E-state index in [9.17, 15) is 4.79 Å². The monoisotopic (exact) mass is 261 g/mol. The van der Waals surface area contributed by atoms with Crippen LogP contribution in [0, 0.1) is 6.92 Å². The number of carbonyl (C=O) groups excluding carboxylic acids is 1. The van der Waals surface area contributed by atoms with Crippen molar-refractivity contribution >= 4 is 22.6 Å². The van der Waals surface area contributed by atoms with Crippen LogP contribution in [0.2, 0.25) is 0 Å². The van der Waals surface area contributed by atoms with Gasteiger partial charge in [0.25, 0.3) is 0 Å². The maximum atomic E-state index is 11.2. The largest absolute Gasteiger partial charge is 0.493 e. The fraction of sp³-hybridized carbons (Fsp3) is 0.308. The van der Waals surface area contributed by atoms with E-state index in [2.05, 4.69) is 15.3 Å². The number of anilines is 1. The highest BCUT2D eigenvalue weighted by Gasteiger charge is 2.12. The summed E-state index contributed by atoms with van der Waals surface area (Å²) < 4.78 is 10.5. The smallest absolute Gasteiger partial charge is 0.222 e. The summed E-state index contributed by atoms with van der Waals surface area (Å²) in [4.78, 5) is 19.8. The molecule has 6 heteroatoms. The number of methoxy groups -OCH3 is 2. The number of nitrogens with one attached hydrogen (secondary N) is 1. The van der Waals surface area contributed by atoms with E-state index in [4.69, 9.17) is 9.47 Å². The van der Waals surface area contributed by atoms with Gasteiger partial charge in [0.15, 0.2) is 11.5 Å². The van der Waals surface area contributed by atoms with E-state index >= 15 is 0 Å².